The van der Waals surface area contributed by atoms with Gasteiger partial charge in [0.2, 0.25) is 0 Å². The molecule has 3 rings (SSSR count). The molecule has 0 spiro atoms. The highest BCUT2D eigenvalue weighted by molar-refractivity contribution is 5.80. The lowest BCUT2D eigenvalue weighted by atomic mass is 10.00. The maximum absolute atomic E-state index is 4.42. The molecule has 2 aliphatic heterocycles. The molecule has 20 heavy (non-hydrogen) atoms. The van der Waals surface area contributed by atoms with E-state index in [0.29, 0.717) is 0 Å². The van der Waals surface area contributed by atoms with Crippen molar-refractivity contribution in [1.29, 1.82) is 0 Å². The third-order valence-electron chi connectivity index (χ3n) is 4.05. The number of hydrogen-bond acceptors (Lipinski definition) is 4. The quantitative estimate of drug-likeness (QED) is 0.813. The summed E-state index contributed by atoms with van der Waals surface area (Å²) in [5.41, 5.74) is 3.03. The normalized spacial score (nSPS) is 18.9. The van der Waals surface area contributed by atoms with Crippen molar-refractivity contribution in [2.75, 3.05) is 32.7 Å². The molecule has 0 aliphatic carbocycles. The highest BCUT2D eigenvalue weighted by atomic mass is 15.2. The largest absolute Gasteiger partial charge is 0.356 e. The Balaban J connectivity index is 1.38. The van der Waals surface area contributed by atoms with Crippen molar-refractivity contribution in [3.63, 3.8) is 0 Å². The van der Waals surface area contributed by atoms with E-state index < -0.39 is 0 Å². The number of nitrogens with one attached hydrogen (secondary N) is 2. The Hall–Kier alpha value is -1.55. The van der Waals surface area contributed by atoms with Crippen LogP contribution in [0.15, 0.2) is 29.3 Å². The van der Waals surface area contributed by atoms with Crippen LogP contribution in [0.25, 0.3) is 0 Å². The Kier molecular flexibility index (Phi) is 4.53. The number of rotatable bonds is 4. The molecule has 0 atom stereocenters. The van der Waals surface area contributed by atoms with Crippen LogP contribution in [0.2, 0.25) is 0 Å². The van der Waals surface area contributed by atoms with Crippen LogP contribution in [0.1, 0.15) is 24.0 Å². The molecule has 0 aromatic heterocycles. The fraction of sp³-hybridized carbons (Fsp3) is 0.562. The molecule has 4 nitrogen and oxygen atoms in total. The first-order chi connectivity index (χ1) is 9.92. The van der Waals surface area contributed by atoms with Gasteiger partial charge in [0.05, 0.1) is 0 Å². The predicted molar refractivity (Wildman–Crippen MR) is 83.0 cm³/mol. The van der Waals surface area contributed by atoms with Crippen molar-refractivity contribution >= 4 is 5.96 Å². The van der Waals surface area contributed by atoms with Crippen molar-refractivity contribution in [3.05, 3.63) is 35.4 Å². The second-order valence-electron chi connectivity index (χ2n) is 5.59. The fourth-order valence-corrected chi connectivity index (χ4v) is 2.91. The molecule has 2 heterocycles. The summed E-state index contributed by atoms with van der Waals surface area (Å²) in [4.78, 5) is 6.98. The van der Waals surface area contributed by atoms with Gasteiger partial charge in [0, 0.05) is 39.3 Å². The van der Waals surface area contributed by atoms with E-state index in [9.17, 15) is 0 Å². The average molecular weight is 272 g/mol. The summed E-state index contributed by atoms with van der Waals surface area (Å²) in [5, 5.41) is 6.69. The van der Waals surface area contributed by atoms with E-state index >= 15 is 0 Å². The van der Waals surface area contributed by atoms with Crippen LogP contribution < -0.4 is 10.6 Å². The molecule has 0 radical (unpaired) electrons. The van der Waals surface area contributed by atoms with Gasteiger partial charge in [-0.3, -0.25) is 9.89 Å². The maximum Gasteiger partial charge on any atom is 0.191 e. The summed E-state index contributed by atoms with van der Waals surface area (Å²) in [6.07, 6.45) is 3.51. The SMILES string of the molecule is c1ccc2c(c1)CCN(CCCNC1=NCCCN1)C2. The second kappa shape index (κ2) is 6.75. The number of nitrogens with zero attached hydrogens (tertiary/aromatic N) is 2. The van der Waals surface area contributed by atoms with E-state index in [1.807, 2.05) is 0 Å². The van der Waals surface area contributed by atoms with Gasteiger partial charge in [0.1, 0.15) is 0 Å². The van der Waals surface area contributed by atoms with E-state index in [2.05, 4.69) is 44.8 Å². The summed E-state index contributed by atoms with van der Waals surface area (Å²) in [6.45, 7) is 6.47. The van der Waals surface area contributed by atoms with E-state index in [-0.39, 0.29) is 0 Å². The molecular weight excluding hydrogens is 248 g/mol. The van der Waals surface area contributed by atoms with E-state index in [4.69, 9.17) is 0 Å². The highest BCUT2D eigenvalue weighted by Gasteiger charge is 2.14. The second-order valence-corrected chi connectivity index (χ2v) is 5.59. The molecular formula is C16H24N4. The Morgan fingerprint density at radius 3 is 3.00 bits per heavy atom. The van der Waals surface area contributed by atoms with Crippen molar-refractivity contribution in [3.8, 4) is 0 Å². The Morgan fingerprint density at radius 2 is 2.15 bits per heavy atom. The maximum atomic E-state index is 4.42. The van der Waals surface area contributed by atoms with Crippen molar-refractivity contribution in [2.45, 2.75) is 25.8 Å². The minimum Gasteiger partial charge on any atom is -0.356 e. The van der Waals surface area contributed by atoms with Crippen LogP contribution in [-0.4, -0.2) is 43.6 Å². The Morgan fingerprint density at radius 1 is 1.25 bits per heavy atom. The summed E-state index contributed by atoms with van der Waals surface area (Å²) >= 11 is 0. The summed E-state index contributed by atoms with van der Waals surface area (Å²) in [5.74, 6) is 0.986. The zero-order valence-electron chi connectivity index (χ0n) is 12.1. The highest BCUT2D eigenvalue weighted by Crippen LogP contribution is 2.18. The molecule has 0 amide bonds. The first kappa shape index (κ1) is 13.4. The van der Waals surface area contributed by atoms with Crippen LogP contribution in [0.5, 0.6) is 0 Å². The lowest BCUT2D eigenvalue weighted by molar-refractivity contribution is 0.251. The van der Waals surface area contributed by atoms with Gasteiger partial charge in [-0.2, -0.15) is 0 Å². The summed E-state index contributed by atoms with van der Waals surface area (Å²) < 4.78 is 0. The summed E-state index contributed by atoms with van der Waals surface area (Å²) in [7, 11) is 0. The van der Waals surface area contributed by atoms with Crippen molar-refractivity contribution in [1.82, 2.24) is 15.5 Å². The molecule has 2 N–H and O–H groups in total. The van der Waals surface area contributed by atoms with Gasteiger partial charge >= 0.3 is 0 Å². The van der Waals surface area contributed by atoms with Crippen LogP contribution in [0.4, 0.5) is 0 Å². The van der Waals surface area contributed by atoms with Crippen molar-refractivity contribution in [2.24, 2.45) is 4.99 Å². The monoisotopic (exact) mass is 272 g/mol. The van der Waals surface area contributed by atoms with Crippen LogP contribution in [-0.2, 0) is 13.0 Å². The predicted octanol–water partition coefficient (Wildman–Crippen LogP) is 1.37. The van der Waals surface area contributed by atoms with Crippen LogP contribution in [0, 0.1) is 0 Å². The minimum atomic E-state index is 0.957. The zero-order valence-corrected chi connectivity index (χ0v) is 12.1. The Labute approximate surface area is 121 Å². The first-order valence-electron chi connectivity index (χ1n) is 7.73. The van der Waals surface area contributed by atoms with Gasteiger partial charge in [-0.05, 0) is 30.4 Å². The number of benzene rings is 1. The Bertz CT molecular complexity index is 469. The standard InChI is InChI=1S/C16H24N4/c1-2-6-15-13-20(12-7-14(15)5-1)11-4-10-19-16-17-8-3-9-18-16/h1-2,5-6H,3-4,7-13H2,(H2,17,18,19). The molecule has 0 fully saturated rings. The first-order valence-corrected chi connectivity index (χ1v) is 7.73. The third kappa shape index (κ3) is 3.51. The van der Waals surface area contributed by atoms with Gasteiger partial charge < -0.3 is 10.6 Å². The van der Waals surface area contributed by atoms with Gasteiger partial charge in [-0.25, -0.2) is 0 Å². The number of guanidine groups is 1. The third-order valence-corrected chi connectivity index (χ3v) is 4.05. The van der Waals surface area contributed by atoms with E-state index in [0.717, 1.165) is 45.1 Å². The summed E-state index contributed by atoms with van der Waals surface area (Å²) in [6, 6.07) is 8.83. The van der Waals surface area contributed by atoms with Crippen molar-refractivity contribution < 1.29 is 0 Å². The van der Waals surface area contributed by atoms with E-state index in [1.54, 1.807) is 0 Å². The molecule has 2 aliphatic rings. The van der Waals surface area contributed by atoms with Crippen LogP contribution >= 0.6 is 0 Å². The number of fused-ring (bicyclic) bond motifs is 1. The molecule has 108 valence electrons. The van der Waals surface area contributed by atoms with Gasteiger partial charge in [-0.15, -0.1) is 0 Å². The van der Waals surface area contributed by atoms with E-state index in [1.165, 1.54) is 30.5 Å². The number of hydrogen-bond donors (Lipinski definition) is 2. The molecule has 4 heteroatoms. The van der Waals surface area contributed by atoms with Crippen LogP contribution in [0.3, 0.4) is 0 Å². The molecule has 0 bridgehead atoms. The molecule has 0 saturated carbocycles. The lowest BCUT2D eigenvalue weighted by Crippen LogP contribution is -2.42. The zero-order chi connectivity index (χ0) is 13.6. The number of aliphatic imine (C=N–C) groups is 1. The molecule has 1 aromatic rings. The average Bonchev–Trinajstić information content (AvgIpc) is 2.52. The lowest BCUT2D eigenvalue weighted by Gasteiger charge is -2.28. The van der Waals surface area contributed by atoms with Gasteiger partial charge in [-0.1, -0.05) is 24.3 Å². The smallest absolute Gasteiger partial charge is 0.191 e. The van der Waals surface area contributed by atoms with Gasteiger partial charge in [0.25, 0.3) is 0 Å². The molecule has 0 unspecified atom stereocenters. The molecule has 0 saturated heterocycles. The topological polar surface area (TPSA) is 39.7 Å². The van der Waals surface area contributed by atoms with Gasteiger partial charge in [0.15, 0.2) is 5.96 Å². The minimum absolute atomic E-state index is 0.957. The fourth-order valence-electron chi connectivity index (χ4n) is 2.91. The molecule has 1 aromatic carbocycles.